The highest BCUT2D eigenvalue weighted by molar-refractivity contribution is 5.25. The fourth-order valence-electron chi connectivity index (χ4n) is 6.36. The first-order valence-electron chi connectivity index (χ1n) is 10.6. The van der Waals surface area contributed by atoms with E-state index in [1.165, 1.54) is 51.4 Å². The van der Waals surface area contributed by atoms with Crippen LogP contribution in [0.4, 0.5) is 0 Å². The summed E-state index contributed by atoms with van der Waals surface area (Å²) >= 11 is 0. The first-order valence-corrected chi connectivity index (χ1v) is 10.6. The maximum Gasteiger partial charge on any atom is -0.0179 e. The predicted octanol–water partition coefficient (Wildman–Crippen LogP) is 7.23. The Hall–Kier alpha value is 0. The molecule has 3 aliphatic carbocycles. The lowest BCUT2D eigenvalue weighted by Crippen LogP contribution is -2.24. The molecule has 0 spiro atoms. The normalized spacial score (nSPS) is 45.8. The Bertz CT molecular complexity index is 372. The zero-order chi connectivity index (χ0) is 15.8. The van der Waals surface area contributed by atoms with Gasteiger partial charge in [-0.1, -0.05) is 79.1 Å². The summed E-state index contributed by atoms with van der Waals surface area (Å²) in [5.41, 5.74) is 1.61. The summed E-state index contributed by atoms with van der Waals surface area (Å²) < 4.78 is 0. The van der Waals surface area contributed by atoms with Crippen LogP contribution in [0.15, 0.2) is 0 Å². The molecule has 0 aliphatic heterocycles. The summed E-state index contributed by atoms with van der Waals surface area (Å²) in [5, 5.41) is 0. The van der Waals surface area contributed by atoms with Gasteiger partial charge in [0.25, 0.3) is 0 Å². The van der Waals surface area contributed by atoms with Gasteiger partial charge in [0.2, 0.25) is 0 Å². The molecule has 6 unspecified atom stereocenters. The molecule has 0 nitrogen and oxygen atoms in total. The molecular formula is C22H40. The fraction of sp³-hybridized carbons (Fsp3) is 1.00. The van der Waals surface area contributed by atoms with E-state index in [0.717, 1.165) is 34.5 Å². The molecule has 22 heavy (non-hydrogen) atoms. The lowest BCUT2D eigenvalue weighted by Gasteiger charge is -2.30. The van der Waals surface area contributed by atoms with E-state index in [1.54, 1.807) is 25.7 Å². The molecule has 0 amide bonds. The Morgan fingerprint density at radius 3 is 1.68 bits per heavy atom. The molecule has 0 saturated heterocycles. The van der Waals surface area contributed by atoms with Crippen molar-refractivity contribution in [1.82, 2.24) is 0 Å². The molecule has 0 radical (unpaired) electrons. The maximum atomic E-state index is 2.56. The van der Waals surface area contributed by atoms with Crippen molar-refractivity contribution in [2.45, 2.75) is 105 Å². The van der Waals surface area contributed by atoms with Crippen molar-refractivity contribution in [2.24, 2.45) is 34.5 Å². The van der Waals surface area contributed by atoms with Crippen molar-refractivity contribution in [2.75, 3.05) is 0 Å². The molecule has 0 heterocycles. The largest absolute Gasteiger partial charge is 0.0654 e. The van der Waals surface area contributed by atoms with Crippen molar-refractivity contribution in [3.05, 3.63) is 0 Å². The molecule has 3 rings (SSSR count). The van der Waals surface area contributed by atoms with Crippen LogP contribution in [-0.4, -0.2) is 0 Å². The third-order valence-electron chi connectivity index (χ3n) is 7.99. The second-order valence-corrected chi connectivity index (χ2v) is 9.45. The van der Waals surface area contributed by atoms with Gasteiger partial charge in [-0.2, -0.15) is 0 Å². The molecule has 0 bridgehead atoms. The van der Waals surface area contributed by atoms with Gasteiger partial charge in [-0.3, -0.25) is 0 Å². The second-order valence-electron chi connectivity index (χ2n) is 9.45. The van der Waals surface area contributed by atoms with E-state index in [9.17, 15) is 0 Å². The molecule has 0 N–H and O–H groups in total. The predicted molar refractivity (Wildman–Crippen MR) is 96.9 cm³/mol. The fourth-order valence-corrected chi connectivity index (χ4v) is 6.36. The first-order chi connectivity index (χ1) is 10.6. The zero-order valence-corrected chi connectivity index (χ0v) is 15.8. The summed E-state index contributed by atoms with van der Waals surface area (Å²) in [4.78, 5) is 0. The van der Waals surface area contributed by atoms with Crippen molar-refractivity contribution in [1.29, 1.82) is 0 Å². The van der Waals surface area contributed by atoms with Gasteiger partial charge in [-0.25, -0.2) is 0 Å². The van der Waals surface area contributed by atoms with Crippen LogP contribution in [0.1, 0.15) is 105 Å². The third-order valence-corrected chi connectivity index (χ3v) is 7.99. The minimum atomic E-state index is 0.796. The van der Waals surface area contributed by atoms with Crippen molar-refractivity contribution in [3.63, 3.8) is 0 Å². The van der Waals surface area contributed by atoms with E-state index in [0.29, 0.717) is 0 Å². The zero-order valence-electron chi connectivity index (χ0n) is 15.8. The van der Waals surface area contributed by atoms with Crippen LogP contribution in [-0.2, 0) is 0 Å². The summed E-state index contributed by atoms with van der Waals surface area (Å²) in [6.07, 6.45) is 18.0. The quantitative estimate of drug-likeness (QED) is 0.353. The van der Waals surface area contributed by atoms with E-state index in [1.807, 2.05) is 0 Å². The third kappa shape index (κ3) is 2.89. The summed E-state index contributed by atoms with van der Waals surface area (Å²) in [7, 11) is 0. The molecule has 0 aromatic heterocycles. The molecule has 0 aromatic rings. The highest BCUT2D eigenvalue weighted by Gasteiger charge is 2.77. The van der Waals surface area contributed by atoms with E-state index < -0.39 is 0 Å². The van der Waals surface area contributed by atoms with Gasteiger partial charge in [0.1, 0.15) is 0 Å². The highest BCUT2D eigenvalue weighted by Crippen LogP contribution is 2.84. The van der Waals surface area contributed by atoms with Gasteiger partial charge in [-0.15, -0.1) is 0 Å². The van der Waals surface area contributed by atoms with Crippen LogP contribution in [0.3, 0.4) is 0 Å². The van der Waals surface area contributed by atoms with E-state index in [2.05, 4.69) is 27.7 Å². The Kier molecular flexibility index (Phi) is 4.96. The minimum Gasteiger partial charge on any atom is -0.0654 e. The molecule has 0 heteroatoms. The van der Waals surface area contributed by atoms with Crippen LogP contribution in [0.2, 0.25) is 0 Å². The van der Waals surface area contributed by atoms with Crippen LogP contribution in [0.25, 0.3) is 0 Å². The van der Waals surface area contributed by atoms with Crippen molar-refractivity contribution in [3.8, 4) is 0 Å². The minimum absolute atomic E-state index is 0.796. The molecule has 128 valence electrons. The van der Waals surface area contributed by atoms with Crippen LogP contribution < -0.4 is 0 Å². The van der Waals surface area contributed by atoms with Crippen LogP contribution in [0.5, 0.6) is 0 Å². The lowest BCUT2D eigenvalue weighted by atomic mass is 9.74. The van der Waals surface area contributed by atoms with Gasteiger partial charge in [-0.05, 0) is 60.2 Å². The topological polar surface area (TPSA) is 0 Å². The van der Waals surface area contributed by atoms with Crippen LogP contribution in [0, 0.1) is 34.5 Å². The summed E-state index contributed by atoms with van der Waals surface area (Å²) in [6, 6.07) is 0. The molecular weight excluding hydrogens is 264 g/mol. The average Bonchev–Trinajstić information content (AvgIpc) is 3.41. The number of rotatable bonds is 11. The molecule has 3 fully saturated rings. The Morgan fingerprint density at radius 1 is 0.773 bits per heavy atom. The van der Waals surface area contributed by atoms with E-state index in [-0.39, 0.29) is 0 Å². The number of hydrogen-bond acceptors (Lipinski definition) is 0. The Labute approximate surface area is 139 Å². The smallest absolute Gasteiger partial charge is 0.0179 e. The van der Waals surface area contributed by atoms with Gasteiger partial charge in [0.05, 0.1) is 0 Å². The Morgan fingerprint density at radius 2 is 1.27 bits per heavy atom. The standard InChI is InChI=1S/C22H40/c1-5-6-7-8-9-10-11-12-13-21(15-18(21)3)22(16-19(22)4)20-14-17(20)2/h17-20H,5-16H2,1-4H3. The monoisotopic (exact) mass is 304 g/mol. The summed E-state index contributed by atoms with van der Waals surface area (Å²) in [5.74, 6) is 4.24. The van der Waals surface area contributed by atoms with Crippen LogP contribution >= 0.6 is 0 Å². The summed E-state index contributed by atoms with van der Waals surface area (Å²) in [6.45, 7) is 9.94. The van der Waals surface area contributed by atoms with Gasteiger partial charge in [0, 0.05) is 0 Å². The number of unbranched alkanes of at least 4 members (excludes halogenated alkanes) is 7. The molecule has 6 atom stereocenters. The number of hydrogen-bond donors (Lipinski definition) is 0. The average molecular weight is 305 g/mol. The molecule has 0 aromatic carbocycles. The van der Waals surface area contributed by atoms with Gasteiger partial charge < -0.3 is 0 Å². The first kappa shape index (κ1) is 16.8. The van der Waals surface area contributed by atoms with Gasteiger partial charge in [0.15, 0.2) is 0 Å². The van der Waals surface area contributed by atoms with Gasteiger partial charge >= 0.3 is 0 Å². The van der Waals surface area contributed by atoms with Crippen molar-refractivity contribution < 1.29 is 0 Å². The second kappa shape index (κ2) is 6.48. The molecule has 3 aliphatic rings. The Balaban J connectivity index is 1.40. The van der Waals surface area contributed by atoms with Crippen molar-refractivity contribution >= 4 is 0 Å². The molecule has 3 saturated carbocycles. The van der Waals surface area contributed by atoms with E-state index >= 15 is 0 Å². The maximum absolute atomic E-state index is 2.56. The van der Waals surface area contributed by atoms with E-state index in [4.69, 9.17) is 0 Å². The SMILES string of the molecule is CCCCCCCCCCC1(C2(C3CC3C)CC2C)CC1C. The lowest BCUT2D eigenvalue weighted by molar-refractivity contribution is 0.175. The highest BCUT2D eigenvalue weighted by atomic mass is 14.8.